The summed E-state index contributed by atoms with van der Waals surface area (Å²) >= 11 is 2.25. The predicted octanol–water partition coefficient (Wildman–Crippen LogP) is 2.62. The molecular weight excluding hydrogens is 315 g/mol. The molecule has 0 aromatic heterocycles. The lowest BCUT2D eigenvalue weighted by Crippen LogP contribution is -2.37. The fourth-order valence-electron chi connectivity index (χ4n) is 1.26. The van der Waals surface area contributed by atoms with Crippen molar-refractivity contribution in [3.63, 3.8) is 0 Å². The number of amides is 1. The fourth-order valence-corrected chi connectivity index (χ4v) is 1.62. The lowest BCUT2D eigenvalue weighted by molar-refractivity contribution is -0.121. The first-order valence-electron chi connectivity index (χ1n) is 5.43. The van der Waals surface area contributed by atoms with Crippen LogP contribution in [0.15, 0.2) is 24.3 Å². The molecule has 16 heavy (non-hydrogen) atoms. The number of rotatable bonds is 5. The van der Waals surface area contributed by atoms with Crippen LogP contribution in [0.1, 0.15) is 20.3 Å². The summed E-state index contributed by atoms with van der Waals surface area (Å²) in [5, 5.41) is 6.02. The van der Waals surface area contributed by atoms with Gasteiger partial charge in [-0.25, -0.2) is 0 Å². The minimum atomic E-state index is -0.202. The van der Waals surface area contributed by atoms with Crippen LogP contribution in [-0.4, -0.2) is 18.5 Å². The highest BCUT2D eigenvalue weighted by Gasteiger charge is 2.10. The van der Waals surface area contributed by atoms with Crippen LogP contribution in [0.4, 0.5) is 5.69 Å². The molecule has 4 heteroatoms. The Hall–Kier alpha value is -0.780. The average molecular weight is 332 g/mol. The van der Waals surface area contributed by atoms with Gasteiger partial charge in [-0.1, -0.05) is 6.92 Å². The van der Waals surface area contributed by atoms with Gasteiger partial charge < -0.3 is 10.6 Å². The largest absolute Gasteiger partial charge is 0.374 e. The number of carbonyl (C=O) groups is 1. The summed E-state index contributed by atoms with van der Waals surface area (Å²) in [5.74, 6) is 0.0420. The first-order chi connectivity index (χ1) is 7.63. The second kappa shape index (κ2) is 6.73. The van der Waals surface area contributed by atoms with E-state index in [-0.39, 0.29) is 11.9 Å². The number of benzene rings is 1. The summed E-state index contributed by atoms with van der Waals surface area (Å²) in [6, 6.07) is 7.78. The van der Waals surface area contributed by atoms with Crippen molar-refractivity contribution < 1.29 is 4.79 Å². The highest BCUT2D eigenvalue weighted by atomic mass is 127. The van der Waals surface area contributed by atoms with Crippen LogP contribution in [0.25, 0.3) is 0 Å². The first-order valence-corrected chi connectivity index (χ1v) is 6.51. The molecule has 0 bridgehead atoms. The molecule has 1 aromatic carbocycles. The van der Waals surface area contributed by atoms with Crippen molar-refractivity contribution in [2.75, 3.05) is 11.9 Å². The predicted molar refractivity (Wildman–Crippen MR) is 75.5 cm³/mol. The molecule has 0 aliphatic carbocycles. The Kier molecular flexibility index (Phi) is 5.59. The van der Waals surface area contributed by atoms with Crippen LogP contribution in [0.2, 0.25) is 0 Å². The Labute approximate surface area is 110 Å². The minimum Gasteiger partial charge on any atom is -0.374 e. The molecule has 0 heterocycles. The van der Waals surface area contributed by atoms with Crippen LogP contribution in [0, 0.1) is 3.57 Å². The van der Waals surface area contributed by atoms with Crippen molar-refractivity contribution in [2.24, 2.45) is 0 Å². The van der Waals surface area contributed by atoms with E-state index < -0.39 is 0 Å². The SMILES string of the molecule is CCCNC(=O)[C@H](C)Nc1ccc(I)cc1. The summed E-state index contributed by atoms with van der Waals surface area (Å²) in [6.07, 6.45) is 0.960. The van der Waals surface area contributed by atoms with Crippen LogP contribution in [0.3, 0.4) is 0 Å². The summed E-state index contributed by atoms with van der Waals surface area (Å²) < 4.78 is 1.19. The van der Waals surface area contributed by atoms with Gasteiger partial charge in [0.1, 0.15) is 6.04 Å². The molecule has 2 N–H and O–H groups in total. The molecule has 1 amide bonds. The Balaban J connectivity index is 2.47. The van der Waals surface area contributed by atoms with Crippen molar-refractivity contribution in [3.05, 3.63) is 27.8 Å². The Morgan fingerprint density at radius 3 is 2.56 bits per heavy atom. The third-order valence-electron chi connectivity index (χ3n) is 2.17. The maximum absolute atomic E-state index is 11.6. The molecule has 1 aromatic rings. The number of nitrogens with one attached hydrogen (secondary N) is 2. The smallest absolute Gasteiger partial charge is 0.242 e. The second-order valence-corrected chi connectivity index (χ2v) is 4.91. The van der Waals surface area contributed by atoms with E-state index in [4.69, 9.17) is 0 Å². The molecule has 0 fully saturated rings. The molecule has 0 saturated carbocycles. The van der Waals surface area contributed by atoms with Gasteiger partial charge in [-0.2, -0.15) is 0 Å². The molecule has 0 radical (unpaired) electrons. The minimum absolute atomic E-state index is 0.0420. The molecule has 0 aliphatic rings. The van der Waals surface area contributed by atoms with E-state index in [2.05, 4.69) is 33.2 Å². The zero-order valence-electron chi connectivity index (χ0n) is 9.59. The van der Waals surface area contributed by atoms with Crippen LogP contribution in [-0.2, 0) is 4.79 Å². The van der Waals surface area contributed by atoms with E-state index in [0.29, 0.717) is 0 Å². The number of hydrogen-bond donors (Lipinski definition) is 2. The monoisotopic (exact) mass is 332 g/mol. The molecule has 3 nitrogen and oxygen atoms in total. The lowest BCUT2D eigenvalue weighted by Gasteiger charge is -2.14. The van der Waals surface area contributed by atoms with Crippen molar-refractivity contribution in [1.29, 1.82) is 0 Å². The van der Waals surface area contributed by atoms with Crippen molar-refractivity contribution in [2.45, 2.75) is 26.3 Å². The molecule has 1 atom stereocenters. The summed E-state index contributed by atoms with van der Waals surface area (Å²) in [6.45, 7) is 4.64. The van der Waals surface area contributed by atoms with Gasteiger partial charge in [-0.15, -0.1) is 0 Å². The van der Waals surface area contributed by atoms with Gasteiger partial charge in [-0.05, 0) is 60.2 Å². The van der Waals surface area contributed by atoms with E-state index >= 15 is 0 Å². The van der Waals surface area contributed by atoms with Gasteiger partial charge in [0, 0.05) is 15.8 Å². The third-order valence-corrected chi connectivity index (χ3v) is 2.89. The quantitative estimate of drug-likeness (QED) is 0.814. The maximum Gasteiger partial charge on any atom is 0.242 e. The van der Waals surface area contributed by atoms with E-state index in [9.17, 15) is 4.79 Å². The molecule has 0 unspecified atom stereocenters. The van der Waals surface area contributed by atoms with Crippen molar-refractivity contribution >= 4 is 34.2 Å². The number of halogens is 1. The molecular formula is C12H17IN2O. The second-order valence-electron chi connectivity index (χ2n) is 3.66. The zero-order chi connectivity index (χ0) is 12.0. The van der Waals surface area contributed by atoms with Crippen molar-refractivity contribution in [1.82, 2.24) is 5.32 Å². The maximum atomic E-state index is 11.6. The summed E-state index contributed by atoms with van der Waals surface area (Å²) in [4.78, 5) is 11.6. The molecule has 1 rings (SSSR count). The standard InChI is InChI=1S/C12H17IN2O/c1-3-8-14-12(16)9(2)15-11-6-4-10(13)5-7-11/h4-7,9,15H,3,8H2,1-2H3,(H,14,16)/t9-/m0/s1. The first kappa shape index (κ1) is 13.3. The van der Waals surface area contributed by atoms with Gasteiger partial charge in [0.2, 0.25) is 5.91 Å². The van der Waals surface area contributed by atoms with E-state index in [0.717, 1.165) is 18.7 Å². The van der Waals surface area contributed by atoms with E-state index in [1.165, 1.54) is 3.57 Å². The van der Waals surface area contributed by atoms with Crippen LogP contribution < -0.4 is 10.6 Å². The fraction of sp³-hybridized carbons (Fsp3) is 0.417. The number of hydrogen-bond acceptors (Lipinski definition) is 2. The van der Waals surface area contributed by atoms with Gasteiger partial charge in [-0.3, -0.25) is 4.79 Å². The Bertz CT molecular complexity index is 337. The molecule has 0 saturated heterocycles. The number of carbonyl (C=O) groups excluding carboxylic acids is 1. The molecule has 0 aliphatic heterocycles. The number of anilines is 1. The Morgan fingerprint density at radius 2 is 2.00 bits per heavy atom. The summed E-state index contributed by atoms with van der Waals surface area (Å²) in [7, 11) is 0. The zero-order valence-corrected chi connectivity index (χ0v) is 11.7. The van der Waals surface area contributed by atoms with E-state index in [1.807, 2.05) is 38.1 Å². The van der Waals surface area contributed by atoms with Gasteiger partial charge in [0.15, 0.2) is 0 Å². The topological polar surface area (TPSA) is 41.1 Å². The van der Waals surface area contributed by atoms with Gasteiger partial charge in [0.05, 0.1) is 0 Å². The van der Waals surface area contributed by atoms with Gasteiger partial charge in [0.25, 0.3) is 0 Å². The normalized spacial score (nSPS) is 11.9. The highest BCUT2D eigenvalue weighted by Crippen LogP contribution is 2.12. The molecule has 0 spiro atoms. The lowest BCUT2D eigenvalue weighted by atomic mass is 10.2. The van der Waals surface area contributed by atoms with Crippen molar-refractivity contribution in [3.8, 4) is 0 Å². The summed E-state index contributed by atoms with van der Waals surface area (Å²) in [5.41, 5.74) is 0.972. The van der Waals surface area contributed by atoms with Crippen LogP contribution >= 0.6 is 22.6 Å². The highest BCUT2D eigenvalue weighted by molar-refractivity contribution is 14.1. The van der Waals surface area contributed by atoms with Crippen LogP contribution in [0.5, 0.6) is 0 Å². The third kappa shape index (κ3) is 4.38. The van der Waals surface area contributed by atoms with E-state index in [1.54, 1.807) is 0 Å². The Morgan fingerprint density at radius 1 is 1.38 bits per heavy atom. The molecule has 88 valence electrons. The van der Waals surface area contributed by atoms with Gasteiger partial charge >= 0.3 is 0 Å². The average Bonchev–Trinajstić information content (AvgIpc) is 2.29.